The minimum Gasteiger partial charge on any atom is -0.467 e. The van der Waals surface area contributed by atoms with Crippen LogP contribution in [0, 0.1) is 6.92 Å². The molecule has 0 spiro atoms. The van der Waals surface area contributed by atoms with E-state index in [1.54, 1.807) is 23.5 Å². The van der Waals surface area contributed by atoms with Crippen LogP contribution in [0.5, 0.6) is 0 Å². The number of carbonyl (C=O) groups is 2. The first kappa shape index (κ1) is 18.4. The molecule has 0 aromatic carbocycles. The molecule has 0 saturated carbocycles. The van der Waals surface area contributed by atoms with Crippen LogP contribution in [0.15, 0.2) is 28.2 Å². The zero-order valence-electron chi connectivity index (χ0n) is 14.7. The van der Waals surface area contributed by atoms with Gasteiger partial charge >= 0.3 is 6.03 Å². The maximum Gasteiger partial charge on any atom is 0.321 e. The van der Waals surface area contributed by atoms with Gasteiger partial charge in [-0.3, -0.25) is 15.0 Å². The van der Waals surface area contributed by atoms with Crippen molar-refractivity contribution in [1.29, 1.82) is 0 Å². The van der Waals surface area contributed by atoms with Crippen LogP contribution in [0.2, 0.25) is 0 Å². The summed E-state index contributed by atoms with van der Waals surface area (Å²) in [6, 6.07) is 2.99. The van der Waals surface area contributed by atoms with Gasteiger partial charge in [0, 0.05) is 31.6 Å². The third kappa shape index (κ3) is 5.30. The summed E-state index contributed by atoms with van der Waals surface area (Å²) in [7, 11) is 0. The van der Waals surface area contributed by atoms with Gasteiger partial charge < -0.3 is 14.6 Å². The lowest BCUT2D eigenvalue weighted by atomic mass is 10.4. The van der Waals surface area contributed by atoms with Crippen molar-refractivity contribution in [3.05, 3.63) is 35.2 Å². The van der Waals surface area contributed by atoms with Crippen LogP contribution in [0.3, 0.4) is 0 Å². The van der Waals surface area contributed by atoms with E-state index in [1.807, 2.05) is 12.3 Å². The largest absolute Gasteiger partial charge is 0.467 e. The number of imide groups is 1. The van der Waals surface area contributed by atoms with E-state index in [4.69, 9.17) is 4.42 Å². The van der Waals surface area contributed by atoms with Gasteiger partial charge in [-0.25, -0.2) is 9.78 Å². The van der Waals surface area contributed by atoms with Gasteiger partial charge in [0.1, 0.15) is 5.76 Å². The summed E-state index contributed by atoms with van der Waals surface area (Å²) in [5, 5.41) is 8.04. The Labute approximate surface area is 156 Å². The molecule has 0 atom stereocenters. The van der Waals surface area contributed by atoms with E-state index in [-0.39, 0.29) is 19.0 Å². The first-order valence-electron chi connectivity index (χ1n) is 8.59. The Bertz CT molecular complexity index is 731. The van der Waals surface area contributed by atoms with Gasteiger partial charge in [0.05, 0.1) is 25.0 Å². The number of nitrogens with zero attached hydrogens (tertiary/aromatic N) is 3. The molecule has 1 saturated heterocycles. The third-order valence-electron chi connectivity index (χ3n) is 4.09. The molecule has 2 N–H and O–H groups in total. The fraction of sp³-hybridized carbons (Fsp3) is 0.471. The highest BCUT2D eigenvalue weighted by molar-refractivity contribution is 7.13. The summed E-state index contributed by atoms with van der Waals surface area (Å²) < 4.78 is 5.13. The number of aryl methyl sites for hydroxylation is 1. The number of urea groups is 1. The molecular formula is C17H23N5O3S. The number of hydrogen-bond acceptors (Lipinski definition) is 7. The maximum atomic E-state index is 12.1. The van der Waals surface area contributed by atoms with Gasteiger partial charge in [0.25, 0.3) is 0 Å². The second-order valence-corrected chi connectivity index (χ2v) is 7.03. The molecule has 3 rings (SSSR count). The second-order valence-electron chi connectivity index (χ2n) is 6.20. The summed E-state index contributed by atoms with van der Waals surface area (Å²) in [5.74, 6) is 0.332. The van der Waals surface area contributed by atoms with Crippen molar-refractivity contribution in [2.24, 2.45) is 0 Å². The Morgan fingerprint density at radius 1 is 1.31 bits per heavy atom. The monoisotopic (exact) mass is 377 g/mol. The van der Waals surface area contributed by atoms with Gasteiger partial charge in [-0.2, -0.15) is 0 Å². The molecule has 3 amide bonds. The van der Waals surface area contributed by atoms with E-state index in [0.717, 1.165) is 43.4 Å². The van der Waals surface area contributed by atoms with E-state index in [0.29, 0.717) is 5.76 Å². The molecule has 1 fully saturated rings. The number of carbonyl (C=O) groups excluding carboxylic acids is 2. The van der Waals surface area contributed by atoms with E-state index in [1.165, 1.54) is 6.26 Å². The fourth-order valence-electron chi connectivity index (χ4n) is 2.80. The number of furan rings is 1. The normalized spacial score (nSPS) is 15.5. The average Bonchev–Trinajstić information content (AvgIpc) is 3.22. The minimum atomic E-state index is -0.513. The number of rotatable bonds is 5. The van der Waals surface area contributed by atoms with Crippen molar-refractivity contribution in [3.8, 4) is 0 Å². The Morgan fingerprint density at radius 2 is 2.19 bits per heavy atom. The van der Waals surface area contributed by atoms with Crippen molar-refractivity contribution in [1.82, 2.24) is 20.5 Å². The van der Waals surface area contributed by atoms with Crippen LogP contribution in [0.1, 0.15) is 17.9 Å². The van der Waals surface area contributed by atoms with Gasteiger partial charge in [0.15, 0.2) is 5.13 Å². The Morgan fingerprint density at radius 3 is 2.92 bits per heavy atom. The molecule has 26 heavy (non-hydrogen) atoms. The number of hydrogen-bond donors (Lipinski definition) is 2. The van der Waals surface area contributed by atoms with Crippen LogP contribution in [-0.4, -0.2) is 54.5 Å². The lowest BCUT2D eigenvalue weighted by Crippen LogP contribution is -2.45. The van der Waals surface area contributed by atoms with Crippen LogP contribution < -0.4 is 15.5 Å². The molecule has 2 aromatic rings. The zero-order valence-corrected chi connectivity index (χ0v) is 15.6. The molecule has 0 radical (unpaired) electrons. The topological polar surface area (TPSA) is 90.7 Å². The Kier molecular flexibility index (Phi) is 6.24. The highest BCUT2D eigenvalue weighted by Gasteiger charge is 2.19. The quantitative estimate of drug-likeness (QED) is 0.822. The summed E-state index contributed by atoms with van der Waals surface area (Å²) in [5.41, 5.74) is 1.03. The molecule has 0 bridgehead atoms. The number of anilines is 1. The van der Waals surface area contributed by atoms with Gasteiger partial charge in [-0.15, -0.1) is 11.3 Å². The molecule has 2 aromatic heterocycles. The minimum absolute atomic E-state index is 0.207. The van der Waals surface area contributed by atoms with Crippen molar-refractivity contribution in [2.75, 3.05) is 37.6 Å². The molecule has 8 nitrogen and oxygen atoms in total. The molecule has 9 heteroatoms. The predicted octanol–water partition coefficient (Wildman–Crippen LogP) is 1.58. The predicted molar refractivity (Wildman–Crippen MR) is 99.2 cm³/mol. The zero-order chi connectivity index (χ0) is 18.4. The Balaban J connectivity index is 1.40. The standard InChI is InChI=1S/C17H23N5O3S/c1-13-12-26-17(19-13)22-6-3-5-21(7-8-22)11-15(23)20-16(24)18-10-14-4-2-9-25-14/h2,4,9,12H,3,5-8,10-11H2,1H3,(H2,18,20,23,24). The third-order valence-corrected chi connectivity index (χ3v) is 5.11. The van der Waals surface area contributed by atoms with Crippen LogP contribution in [0.4, 0.5) is 9.93 Å². The fourth-order valence-corrected chi connectivity index (χ4v) is 3.66. The lowest BCUT2D eigenvalue weighted by molar-refractivity contribution is -0.121. The Hall–Kier alpha value is -2.39. The van der Waals surface area contributed by atoms with E-state index in [2.05, 4.69) is 25.4 Å². The number of aromatic nitrogens is 1. The van der Waals surface area contributed by atoms with Crippen LogP contribution in [-0.2, 0) is 11.3 Å². The van der Waals surface area contributed by atoms with Gasteiger partial charge in [0.2, 0.25) is 5.91 Å². The maximum absolute atomic E-state index is 12.1. The molecular weight excluding hydrogens is 354 g/mol. The molecule has 1 aliphatic heterocycles. The summed E-state index contributed by atoms with van der Waals surface area (Å²) in [6.45, 7) is 5.78. The molecule has 0 aliphatic carbocycles. The van der Waals surface area contributed by atoms with Crippen molar-refractivity contribution in [2.45, 2.75) is 19.9 Å². The van der Waals surface area contributed by atoms with Crippen LogP contribution >= 0.6 is 11.3 Å². The SMILES string of the molecule is Cc1csc(N2CCCN(CC(=O)NC(=O)NCc3ccco3)CC2)n1. The first-order chi connectivity index (χ1) is 12.6. The number of nitrogens with one attached hydrogen (secondary N) is 2. The summed E-state index contributed by atoms with van der Waals surface area (Å²) in [6.07, 6.45) is 2.49. The van der Waals surface area contributed by atoms with Crippen molar-refractivity contribution < 1.29 is 14.0 Å². The van der Waals surface area contributed by atoms with Gasteiger partial charge in [-0.05, 0) is 25.5 Å². The van der Waals surface area contributed by atoms with Crippen molar-refractivity contribution in [3.63, 3.8) is 0 Å². The van der Waals surface area contributed by atoms with E-state index < -0.39 is 6.03 Å². The number of amides is 3. The van der Waals surface area contributed by atoms with E-state index >= 15 is 0 Å². The molecule has 0 unspecified atom stereocenters. The molecule has 1 aliphatic rings. The van der Waals surface area contributed by atoms with Crippen LogP contribution in [0.25, 0.3) is 0 Å². The molecule has 3 heterocycles. The second kappa shape index (κ2) is 8.81. The lowest BCUT2D eigenvalue weighted by Gasteiger charge is -2.20. The van der Waals surface area contributed by atoms with E-state index in [9.17, 15) is 9.59 Å². The first-order valence-corrected chi connectivity index (χ1v) is 9.47. The average molecular weight is 377 g/mol. The summed E-state index contributed by atoms with van der Waals surface area (Å²) >= 11 is 1.65. The molecule has 140 valence electrons. The smallest absolute Gasteiger partial charge is 0.321 e. The van der Waals surface area contributed by atoms with Crippen molar-refractivity contribution >= 4 is 28.4 Å². The highest BCUT2D eigenvalue weighted by Crippen LogP contribution is 2.21. The van der Waals surface area contributed by atoms with Gasteiger partial charge in [-0.1, -0.05) is 0 Å². The number of thiazole rings is 1. The highest BCUT2D eigenvalue weighted by atomic mass is 32.1. The summed E-state index contributed by atoms with van der Waals surface area (Å²) in [4.78, 5) is 32.7.